The van der Waals surface area contributed by atoms with Crippen LogP contribution in [0.25, 0.3) is 22.5 Å². The van der Waals surface area contributed by atoms with E-state index < -0.39 is 0 Å². The Morgan fingerprint density at radius 3 is 2.39 bits per heavy atom. The fraction of sp³-hybridized carbons (Fsp3) is 0.105. The number of H-pyrrole nitrogens is 1. The lowest BCUT2D eigenvalue weighted by molar-refractivity contribution is 0.0527. The molecule has 0 atom stereocenters. The fourth-order valence-corrected chi connectivity index (χ4v) is 2.44. The van der Waals surface area contributed by atoms with Crippen molar-refractivity contribution in [3.05, 3.63) is 72.0 Å². The molecule has 1 heterocycles. The average molecular weight is 309 g/mol. The summed E-state index contributed by atoms with van der Waals surface area (Å²) in [6.07, 6.45) is 0. The normalized spacial score (nSPS) is 10.5. The van der Waals surface area contributed by atoms with Crippen LogP contribution in [0.15, 0.2) is 60.7 Å². The topological polar surface area (TPSA) is 42.1 Å². The van der Waals surface area contributed by atoms with Gasteiger partial charge in [-0.3, -0.25) is 0 Å². The van der Waals surface area contributed by atoms with Gasteiger partial charge < -0.3 is 9.72 Å². The number of hydrogen-bond acceptors (Lipinski definition) is 2. The molecule has 0 aliphatic heterocycles. The van der Waals surface area contributed by atoms with Crippen molar-refractivity contribution in [3.8, 4) is 22.5 Å². The van der Waals surface area contributed by atoms with Crippen LogP contribution in [-0.4, -0.2) is 17.6 Å². The molecular formula is C19H16FNO2. The fourth-order valence-electron chi connectivity index (χ4n) is 2.44. The summed E-state index contributed by atoms with van der Waals surface area (Å²) in [5.41, 5.74) is 3.61. The number of halogens is 1. The van der Waals surface area contributed by atoms with Crippen LogP contribution >= 0.6 is 0 Å². The summed E-state index contributed by atoms with van der Waals surface area (Å²) in [7, 11) is 0. The molecule has 2 aromatic carbocycles. The lowest BCUT2D eigenvalue weighted by Gasteiger charge is -2.03. The second-order valence-corrected chi connectivity index (χ2v) is 5.07. The zero-order valence-electron chi connectivity index (χ0n) is 12.7. The highest BCUT2D eigenvalue weighted by Gasteiger charge is 2.18. The third-order valence-corrected chi connectivity index (χ3v) is 3.53. The highest BCUT2D eigenvalue weighted by molar-refractivity contribution is 5.98. The smallest absolute Gasteiger partial charge is 0.340 e. The molecule has 0 aliphatic carbocycles. The van der Waals surface area contributed by atoms with Gasteiger partial charge in [0.25, 0.3) is 0 Å². The zero-order chi connectivity index (χ0) is 16.2. The summed E-state index contributed by atoms with van der Waals surface area (Å²) < 4.78 is 18.2. The number of hydrogen-bond donors (Lipinski definition) is 1. The number of carbonyl (C=O) groups excluding carboxylic acids is 1. The molecule has 23 heavy (non-hydrogen) atoms. The van der Waals surface area contributed by atoms with E-state index in [0.717, 1.165) is 16.8 Å². The zero-order valence-corrected chi connectivity index (χ0v) is 12.7. The molecule has 0 radical (unpaired) electrons. The first-order valence-electron chi connectivity index (χ1n) is 7.40. The van der Waals surface area contributed by atoms with Gasteiger partial charge in [-0.2, -0.15) is 0 Å². The summed E-state index contributed by atoms with van der Waals surface area (Å²) in [6.45, 7) is 2.08. The van der Waals surface area contributed by atoms with E-state index in [1.54, 1.807) is 25.1 Å². The summed E-state index contributed by atoms with van der Waals surface area (Å²) >= 11 is 0. The maximum atomic E-state index is 13.1. The van der Waals surface area contributed by atoms with E-state index in [-0.39, 0.29) is 11.8 Å². The largest absolute Gasteiger partial charge is 0.462 e. The van der Waals surface area contributed by atoms with E-state index in [1.165, 1.54) is 12.1 Å². The number of rotatable bonds is 4. The summed E-state index contributed by atoms with van der Waals surface area (Å²) in [4.78, 5) is 15.5. The van der Waals surface area contributed by atoms with Gasteiger partial charge in [0.05, 0.1) is 17.9 Å². The van der Waals surface area contributed by atoms with Crippen LogP contribution in [0.2, 0.25) is 0 Å². The van der Waals surface area contributed by atoms with Gasteiger partial charge in [-0.05, 0) is 48.4 Å². The van der Waals surface area contributed by atoms with Gasteiger partial charge in [0.15, 0.2) is 0 Å². The Labute approximate surface area is 133 Å². The molecule has 1 aromatic heterocycles. The molecule has 3 aromatic rings. The Balaban J connectivity index is 2.10. The molecule has 1 N–H and O–H groups in total. The van der Waals surface area contributed by atoms with Crippen LogP contribution in [0.1, 0.15) is 17.3 Å². The minimum Gasteiger partial charge on any atom is -0.462 e. The summed E-state index contributed by atoms with van der Waals surface area (Å²) in [5, 5.41) is 0. The number of carbonyl (C=O) groups is 1. The molecule has 0 unspecified atom stereocenters. The minimum atomic E-state index is -0.379. The van der Waals surface area contributed by atoms with Crippen molar-refractivity contribution in [2.24, 2.45) is 0 Å². The number of nitrogens with one attached hydrogen (secondary N) is 1. The maximum Gasteiger partial charge on any atom is 0.340 e. The van der Waals surface area contributed by atoms with E-state index in [9.17, 15) is 9.18 Å². The van der Waals surface area contributed by atoms with Crippen LogP contribution in [0.3, 0.4) is 0 Å². The summed E-state index contributed by atoms with van der Waals surface area (Å²) in [5.74, 6) is -0.676. The van der Waals surface area contributed by atoms with E-state index in [0.29, 0.717) is 17.9 Å². The number of aromatic nitrogens is 1. The molecule has 4 heteroatoms. The van der Waals surface area contributed by atoms with Gasteiger partial charge >= 0.3 is 5.97 Å². The Hall–Kier alpha value is -2.88. The molecule has 116 valence electrons. The molecular weight excluding hydrogens is 293 g/mol. The van der Waals surface area contributed by atoms with Crippen molar-refractivity contribution in [1.29, 1.82) is 0 Å². The Morgan fingerprint density at radius 2 is 1.74 bits per heavy atom. The maximum absolute atomic E-state index is 13.1. The monoisotopic (exact) mass is 309 g/mol. The van der Waals surface area contributed by atoms with E-state index in [4.69, 9.17) is 4.74 Å². The van der Waals surface area contributed by atoms with Crippen LogP contribution in [0, 0.1) is 5.82 Å². The molecule has 0 bridgehead atoms. The van der Waals surface area contributed by atoms with Crippen molar-refractivity contribution in [1.82, 2.24) is 4.98 Å². The van der Waals surface area contributed by atoms with Gasteiger partial charge in [-0.25, -0.2) is 9.18 Å². The predicted molar refractivity (Wildman–Crippen MR) is 87.6 cm³/mol. The molecule has 0 amide bonds. The van der Waals surface area contributed by atoms with Crippen molar-refractivity contribution < 1.29 is 13.9 Å². The highest BCUT2D eigenvalue weighted by atomic mass is 19.1. The lowest BCUT2D eigenvalue weighted by atomic mass is 10.1. The quantitative estimate of drug-likeness (QED) is 0.712. The van der Waals surface area contributed by atoms with E-state index in [2.05, 4.69) is 4.98 Å². The molecule has 0 saturated heterocycles. The SMILES string of the molecule is CCOC(=O)c1cc(-c2ccc(F)cc2)[nH]c1-c1ccccc1. The van der Waals surface area contributed by atoms with Gasteiger partial charge in [-0.15, -0.1) is 0 Å². The van der Waals surface area contributed by atoms with Crippen molar-refractivity contribution in [2.45, 2.75) is 6.92 Å². The average Bonchev–Trinajstić information content (AvgIpc) is 3.02. The van der Waals surface area contributed by atoms with Gasteiger partial charge in [-0.1, -0.05) is 30.3 Å². The number of benzene rings is 2. The van der Waals surface area contributed by atoms with E-state index in [1.807, 2.05) is 30.3 Å². The Kier molecular flexibility index (Phi) is 4.24. The molecule has 0 aliphatic rings. The lowest BCUT2D eigenvalue weighted by Crippen LogP contribution is -2.04. The Morgan fingerprint density at radius 1 is 1.04 bits per heavy atom. The number of aromatic amines is 1. The molecule has 3 nitrogen and oxygen atoms in total. The Bertz CT molecular complexity index is 807. The van der Waals surface area contributed by atoms with Crippen molar-refractivity contribution >= 4 is 5.97 Å². The first-order valence-corrected chi connectivity index (χ1v) is 7.40. The van der Waals surface area contributed by atoms with Crippen LogP contribution in [0.5, 0.6) is 0 Å². The first kappa shape index (κ1) is 15.0. The predicted octanol–water partition coefficient (Wildman–Crippen LogP) is 4.66. The van der Waals surface area contributed by atoms with Gasteiger partial charge in [0.2, 0.25) is 0 Å². The molecule has 0 fully saturated rings. The minimum absolute atomic E-state index is 0.297. The third kappa shape index (κ3) is 3.16. The highest BCUT2D eigenvalue weighted by Crippen LogP contribution is 2.29. The molecule has 0 spiro atoms. The van der Waals surface area contributed by atoms with Crippen LogP contribution in [0.4, 0.5) is 4.39 Å². The number of esters is 1. The van der Waals surface area contributed by atoms with Crippen LogP contribution in [-0.2, 0) is 4.74 Å². The van der Waals surface area contributed by atoms with Gasteiger partial charge in [0.1, 0.15) is 5.82 Å². The molecule has 0 saturated carbocycles. The third-order valence-electron chi connectivity index (χ3n) is 3.53. The van der Waals surface area contributed by atoms with E-state index >= 15 is 0 Å². The summed E-state index contributed by atoms with van der Waals surface area (Å²) in [6, 6.07) is 17.4. The standard InChI is InChI=1S/C19H16FNO2/c1-2-23-19(22)16-12-17(13-8-10-15(20)11-9-13)21-18(16)14-6-4-3-5-7-14/h3-12,21H,2H2,1H3. The van der Waals surface area contributed by atoms with Crippen molar-refractivity contribution in [3.63, 3.8) is 0 Å². The second kappa shape index (κ2) is 6.48. The number of ether oxygens (including phenoxy) is 1. The van der Waals surface area contributed by atoms with Gasteiger partial charge in [0, 0.05) is 5.69 Å². The first-order chi connectivity index (χ1) is 11.2. The van der Waals surface area contributed by atoms with Crippen molar-refractivity contribution in [2.75, 3.05) is 6.61 Å². The molecule has 3 rings (SSSR count). The second-order valence-electron chi connectivity index (χ2n) is 5.07. The van der Waals surface area contributed by atoms with Crippen LogP contribution < -0.4 is 0 Å².